The molecule has 2 rings (SSSR count). The van der Waals surface area contributed by atoms with Crippen molar-refractivity contribution < 1.29 is 9.47 Å². The lowest BCUT2D eigenvalue weighted by molar-refractivity contribution is -0.111. The van der Waals surface area contributed by atoms with Crippen LogP contribution in [0.25, 0.3) is 0 Å². The number of hydrogen-bond acceptors (Lipinski definition) is 2. The van der Waals surface area contributed by atoms with E-state index >= 15 is 0 Å². The van der Waals surface area contributed by atoms with E-state index in [2.05, 4.69) is 22.9 Å². The van der Waals surface area contributed by atoms with Gasteiger partial charge in [-0.3, -0.25) is 0 Å². The minimum atomic E-state index is -0.152. The summed E-state index contributed by atoms with van der Waals surface area (Å²) >= 11 is 9.49. The fraction of sp³-hybridized carbons (Fsp3) is 0.455. The Hall–Kier alpha value is -0.250. The van der Waals surface area contributed by atoms with Gasteiger partial charge in [0.1, 0.15) is 5.75 Å². The summed E-state index contributed by atoms with van der Waals surface area (Å²) in [6.45, 7) is 2.67. The van der Waals surface area contributed by atoms with Crippen LogP contribution in [0.3, 0.4) is 0 Å². The molecule has 0 amide bonds. The van der Waals surface area contributed by atoms with Gasteiger partial charge < -0.3 is 9.47 Å². The van der Waals surface area contributed by atoms with E-state index in [-0.39, 0.29) is 6.29 Å². The van der Waals surface area contributed by atoms with Gasteiger partial charge in [-0.1, -0.05) is 40.9 Å². The van der Waals surface area contributed by atoms with E-state index in [1.165, 1.54) is 0 Å². The van der Waals surface area contributed by atoms with Crippen molar-refractivity contribution in [3.05, 3.63) is 27.2 Å². The van der Waals surface area contributed by atoms with Crippen molar-refractivity contribution >= 4 is 27.5 Å². The first kappa shape index (κ1) is 11.2. The summed E-state index contributed by atoms with van der Waals surface area (Å²) in [5.41, 5.74) is 1.00. The summed E-state index contributed by atoms with van der Waals surface area (Å²) < 4.78 is 12.2. The average molecular weight is 292 g/mol. The van der Waals surface area contributed by atoms with Crippen LogP contribution in [0, 0.1) is 0 Å². The molecule has 0 fully saturated rings. The molecule has 1 aromatic rings. The van der Waals surface area contributed by atoms with Crippen LogP contribution >= 0.6 is 27.5 Å². The van der Waals surface area contributed by atoms with Crippen LogP contribution in [-0.2, 0) is 11.3 Å². The lowest BCUT2D eigenvalue weighted by Crippen LogP contribution is -2.25. The quantitative estimate of drug-likeness (QED) is 0.815. The molecule has 1 heterocycles. The molecular formula is C11H12BrClO2. The van der Waals surface area contributed by atoms with Crippen LogP contribution in [0.2, 0.25) is 5.02 Å². The fourth-order valence-electron chi connectivity index (χ4n) is 1.58. The predicted octanol–water partition coefficient (Wildman–Crippen LogP) is 4.14. The van der Waals surface area contributed by atoms with Crippen molar-refractivity contribution in [3.8, 4) is 5.75 Å². The predicted molar refractivity (Wildman–Crippen MR) is 63.3 cm³/mol. The van der Waals surface area contributed by atoms with Crippen molar-refractivity contribution in [2.75, 3.05) is 0 Å². The number of fused-ring (bicyclic) bond motifs is 1. The van der Waals surface area contributed by atoms with Crippen molar-refractivity contribution in [1.29, 1.82) is 0 Å². The van der Waals surface area contributed by atoms with Gasteiger partial charge in [0.15, 0.2) is 6.29 Å². The van der Waals surface area contributed by atoms with Crippen LogP contribution in [0.1, 0.15) is 25.3 Å². The van der Waals surface area contributed by atoms with Gasteiger partial charge in [0.25, 0.3) is 0 Å². The summed E-state index contributed by atoms with van der Waals surface area (Å²) in [4.78, 5) is 0. The first-order valence-corrected chi connectivity index (χ1v) is 6.14. The summed E-state index contributed by atoms with van der Waals surface area (Å²) in [5, 5.41) is 0.642. The zero-order valence-corrected chi connectivity index (χ0v) is 10.8. The number of ether oxygens (including phenoxy) is 2. The molecule has 4 heteroatoms. The van der Waals surface area contributed by atoms with Gasteiger partial charge in [0.2, 0.25) is 0 Å². The number of hydrogen-bond donors (Lipinski definition) is 0. The number of halogens is 2. The highest BCUT2D eigenvalue weighted by molar-refractivity contribution is 9.10. The second kappa shape index (κ2) is 4.73. The lowest BCUT2D eigenvalue weighted by Gasteiger charge is -2.27. The van der Waals surface area contributed by atoms with Gasteiger partial charge in [0.05, 0.1) is 11.6 Å². The largest absolute Gasteiger partial charge is 0.463 e. The molecule has 0 aliphatic carbocycles. The highest BCUT2D eigenvalue weighted by Crippen LogP contribution is 2.37. The average Bonchev–Trinajstić information content (AvgIpc) is 2.19. The summed E-state index contributed by atoms with van der Waals surface area (Å²) in [7, 11) is 0. The summed E-state index contributed by atoms with van der Waals surface area (Å²) in [6, 6.07) is 3.82. The Morgan fingerprint density at radius 3 is 3.07 bits per heavy atom. The molecule has 0 aromatic heterocycles. The van der Waals surface area contributed by atoms with E-state index < -0.39 is 0 Å². The van der Waals surface area contributed by atoms with E-state index in [9.17, 15) is 0 Å². The highest BCUT2D eigenvalue weighted by Gasteiger charge is 2.22. The molecule has 15 heavy (non-hydrogen) atoms. The van der Waals surface area contributed by atoms with Crippen LogP contribution in [0.15, 0.2) is 16.6 Å². The van der Waals surface area contributed by atoms with E-state index in [0.29, 0.717) is 11.6 Å². The van der Waals surface area contributed by atoms with E-state index in [0.717, 1.165) is 28.6 Å². The second-order valence-electron chi connectivity index (χ2n) is 3.52. The SMILES string of the molecule is CCCC1OCc2cc(Br)cc(Cl)c2O1. The van der Waals surface area contributed by atoms with Crippen LogP contribution in [0.5, 0.6) is 5.75 Å². The highest BCUT2D eigenvalue weighted by atomic mass is 79.9. The molecular weight excluding hydrogens is 279 g/mol. The molecule has 0 N–H and O–H groups in total. The first-order chi connectivity index (χ1) is 7.20. The molecule has 1 aliphatic heterocycles. The Kier molecular flexibility index (Phi) is 3.54. The third kappa shape index (κ3) is 2.47. The number of rotatable bonds is 2. The fourth-order valence-corrected chi connectivity index (χ4v) is 2.50. The standard InChI is InChI=1S/C11H12BrClO2/c1-2-3-10-14-6-7-4-8(12)5-9(13)11(7)15-10/h4-5,10H,2-3,6H2,1H3. The van der Waals surface area contributed by atoms with Crippen LogP contribution in [0.4, 0.5) is 0 Å². The van der Waals surface area contributed by atoms with Crippen molar-refractivity contribution in [1.82, 2.24) is 0 Å². The third-order valence-electron chi connectivity index (χ3n) is 2.28. The smallest absolute Gasteiger partial charge is 0.200 e. The third-order valence-corrected chi connectivity index (χ3v) is 3.02. The Balaban J connectivity index is 2.25. The Morgan fingerprint density at radius 2 is 2.33 bits per heavy atom. The maximum atomic E-state index is 6.10. The molecule has 0 saturated heterocycles. The molecule has 2 nitrogen and oxygen atoms in total. The molecule has 0 radical (unpaired) electrons. The van der Waals surface area contributed by atoms with Gasteiger partial charge in [0, 0.05) is 16.5 Å². The summed E-state index contributed by atoms with van der Waals surface area (Å²) in [5.74, 6) is 0.768. The second-order valence-corrected chi connectivity index (χ2v) is 4.85. The van der Waals surface area contributed by atoms with E-state index in [4.69, 9.17) is 21.1 Å². The molecule has 0 spiro atoms. The monoisotopic (exact) mass is 290 g/mol. The zero-order chi connectivity index (χ0) is 10.8. The van der Waals surface area contributed by atoms with Crippen LogP contribution < -0.4 is 4.74 Å². The molecule has 0 bridgehead atoms. The van der Waals surface area contributed by atoms with Gasteiger partial charge >= 0.3 is 0 Å². The van der Waals surface area contributed by atoms with Crippen molar-refractivity contribution in [2.24, 2.45) is 0 Å². The van der Waals surface area contributed by atoms with Crippen molar-refractivity contribution in [3.63, 3.8) is 0 Å². The Labute approximate surface area is 103 Å². The molecule has 0 saturated carbocycles. The maximum absolute atomic E-state index is 6.10. The zero-order valence-electron chi connectivity index (χ0n) is 8.43. The Morgan fingerprint density at radius 1 is 1.53 bits per heavy atom. The van der Waals surface area contributed by atoms with E-state index in [1.807, 2.05) is 12.1 Å². The maximum Gasteiger partial charge on any atom is 0.200 e. The summed E-state index contributed by atoms with van der Waals surface area (Å²) in [6.07, 6.45) is 1.78. The van der Waals surface area contributed by atoms with Gasteiger partial charge in [-0.2, -0.15) is 0 Å². The molecule has 1 atom stereocenters. The molecule has 82 valence electrons. The first-order valence-electron chi connectivity index (χ1n) is 4.97. The van der Waals surface area contributed by atoms with Gasteiger partial charge in [-0.15, -0.1) is 0 Å². The van der Waals surface area contributed by atoms with Gasteiger partial charge in [-0.05, 0) is 12.1 Å². The minimum Gasteiger partial charge on any atom is -0.463 e. The molecule has 1 unspecified atom stereocenters. The number of benzene rings is 1. The van der Waals surface area contributed by atoms with Gasteiger partial charge in [-0.25, -0.2) is 0 Å². The topological polar surface area (TPSA) is 18.5 Å². The normalized spacial score (nSPS) is 19.5. The molecule has 1 aliphatic rings. The van der Waals surface area contributed by atoms with Crippen LogP contribution in [-0.4, -0.2) is 6.29 Å². The Bertz CT molecular complexity index is 368. The van der Waals surface area contributed by atoms with E-state index in [1.54, 1.807) is 0 Å². The van der Waals surface area contributed by atoms with Crippen molar-refractivity contribution in [2.45, 2.75) is 32.7 Å². The molecule has 1 aromatic carbocycles. The lowest BCUT2D eigenvalue weighted by atomic mass is 10.2. The minimum absolute atomic E-state index is 0.152.